The summed E-state index contributed by atoms with van der Waals surface area (Å²) in [6.45, 7) is 1.52. The molecule has 19 heavy (non-hydrogen) atoms. The smallest absolute Gasteiger partial charge is 0.251 e. The van der Waals surface area contributed by atoms with E-state index in [1.54, 1.807) is 0 Å². The van der Waals surface area contributed by atoms with Crippen molar-refractivity contribution >= 4 is 18.3 Å². The van der Waals surface area contributed by atoms with E-state index in [2.05, 4.69) is 10.6 Å². The van der Waals surface area contributed by atoms with Crippen LogP contribution in [0.15, 0.2) is 12.1 Å². The van der Waals surface area contributed by atoms with E-state index in [0.717, 1.165) is 19.4 Å². The molecule has 7 heteroatoms. The molecule has 0 radical (unpaired) electrons. The molecule has 3 nitrogen and oxygen atoms in total. The first-order chi connectivity index (χ1) is 8.58. The van der Waals surface area contributed by atoms with Crippen LogP contribution in [0.2, 0.25) is 0 Å². The van der Waals surface area contributed by atoms with Gasteiger partial charge in [-0.25, -0.2) is 13.2 Å². The number of rotatable bonds is 2. The van der Waals surface area contributed by atoms with Crippen molar-refractivity contribution in [3.05, 3.63) is 35.1 Å². The number of hydrogen-bond donors (Lipinski definition) is 2. The summed E-state index contributed by atoms with van der Waals surface area (Å²) in [4.78, 5) is 11.7. The van der Waals surface area contributed by atoms with Crippen LogP contribution >= 0.6 is 12.4 Å². The summed E-state index contributed by atoms with van der Waals surface area (Å²) in [6.07, 6.45) is 1.74. The number of amides is 1. The van der Waals surface area contributed by atoms with Crippen molar-refractivity contribution < 1.29 is 18.0 Å². The number of hydrogen-bond acceptors (Lipinski definition) is 2. The normalized spacial score (nSPS) is 18.6. The van der Waals surface area contributed by atoms with Gasteiger partial charge in [0.1, 0.15) is 0 Å². The Morgan fingerprint density at radius 2 is 1.89 bits per heavy atom. The average molecular weight is 295 g/mol. The maximum atomic E-state index is 13.0. The first-order valence-electron chi connectivity index (χ1n) is 5.74. The first kappa shape index (κ1) is 15.8. The number of carbonyl (C=O) groups is 1. The van der Waals surface area contributed by atoms with Crippen molar-refractivity contribution in [2.24, 2.45) is 0 Å². The zero-order valence-corrected chi connectivity index (χ0v) is 10.8. The molecule has 1 aliphatic heterocycles. The van der Waals surface area contributed by atoms with Crippen LogP contribution in [0.4, 0.5) is 13.2 Å². The molecule has 0 aromatic heterocycles. The highest BCUT2D eigenvalue weighted by Crippen LogP contribution is 2.14. The molecule has 1 atom stereocenters. The van der Waals surface area contributed by atoms with E-state index in [0.29, 0.717) is 18.7 Å². The molecule has 0 aliphatic carbocycles. The third-order valence-electron chi connectivity index (χ3n) is 2.88. The summed E-state index contributed by atoms with van der Waals surface area (Å²) in [7, 11) is 0. The molecule has 0 unspecified atom stereocenters. The second kappa shape index (κ2) is 6.77. The van der Waals surface area contributed by atoms with Gasteiger partial charge in [0.05, 0.1) is 0 Å². The Morgan fingerprint density at radius 1 is 1.26 bits per heavy atom. The van der Waals surface area contributed by atoms with Crippen molar-refractivity contribution in [2.75, 3.05) is 13.1 Å². The molecule has 0 bridgehead atoms. The van der Waals surface area contributed by atoms with Crippen molar-refractivity contribution in [3.8, 4) is 0 Å². The number of halogens is 4. The van der Waals surface area contributed by atoms with Gasteiger partial charge in [-0.2, -0.15) is 0 Å². The van der Waals surface area contributed by atoms with Gasteiger partial charge >= 0.3 is 0 Å². The molecule has 0 spiro atoms. The van der Waals surface area contributed by atoms with E-state index in [1.807, 2.05) is 0 Å². The van der Waals surface area contributed by atoms with E-state index >= 15 is 0 Å². The van der Waals surface area contributed by atoms with Gasteiger partial charge in [-0.3, -0.25) is 4.79 Å². The lowest BCUT2D eigenvalue weighted by Crippen LogP contribution is -2.45. The van der Waals surface area contributed by atoms with Crippen LogP contribution in [0.3, 0.4) is 0 Å². The number of piperidine rings is 1. The van der Waals surface area contributed by atoms with Crippen molar-refractivity contribution in [2.45, 2.75) is 18.9 Å². The Kier molecular flexibility index (Phi) is 5.62. The standard InChI is InChI=1S/C12H13F3N2O.ClH/c13-9-4-7(5-10(14)11(9)15)12(18)17-8-2-1-3-16-6-8;/h4-5,8,16H,1-3,6H2,(H,17,18);1H/t8-;/m1./s1. The van der Waals surface area contributed by atoms with Crippen molar-refractivity contribution in [1.29, 1.82) is 0 Å². The second-order valence-electron chi connectivity index (χ2n) is 4.27. The van der Waals surface area contributed by atoms with Crippen LogP contribution in [0, 0.1) is 17.5 Å². The Balaban J connectivity index is 0.00000180. The summed E-state index contributed by atoms with van der Waals surface area (Å²) < 4.78 is 38.7. The Hall–Kier alpha value is -1.27. The molecule has 1 fully saturated rings. The summed E-state index contributed by atoms with van der Waals surface area (Å²) in [5, 5.41) is 5.75. The van der Waals surface area contributed by atoms with Crippen molar-refractivity contribution in [1.82, 2.24) is 10.6 Å². The first-order valence-corrected chi connectivity index (χ1v) is 5.74. The maximum absolute atomic E-state index is 13.0. The molecule has 106 valence electrons. The molecular formula is C12H14ClF3N2O. The second-order valence-corrected chi connectivity index (χ2v) is 4.27. The molecule has 1 heterocycles. The van der Waals surface area contributed by atoms with Gasteiger partial charge in [0.2, 0.25) is 0 Å². The highest BCUT2D eigenvalue weighted by molar-refractivity contribution is 5.94. The minimum absolute atomic E-state index is 0. The van der Waals surface area contributed by atoms with Gasteiger partial charge in [-0.1, -0.05) is 0 Å². The van der Waals surface area contributed by atoms with E-state index in [1.165, 1.54) is 0 Å². The molecule has 1 aromatic rings. The minimum Gasteiger partial charge on any atom is -0.348 e. The molecule has 0 saturated carbocycles. The highest BCUT2D eigenvalue weighted by Gasteiger charge is 2.19. The van der Waals surface area contributed by atoms with Gasteiger partial charge in [0, 0.05) is 18.2 Å². The van der Waals surface area contributed by atoms with E-state index in [4.69, 9.17) is 0 Å². The van der Waals surface area contributed by atoms with Crippen LogP contribution in [-0.2, 0) is 0 Å². The maximum Gasteiger partial charge on any atom is 0.251 e. The zero-order chi connectivity index (χ0) is 13.1. The topological polar surface area (TPSA) is 41.1 Å². The molecule has 1 aromatic carbocycles. The van der Waals surface area contributed by atoms with Crippen LogP contribution in [0.5, 0.6) is 0 Å². The Bertz CT molecular complexity index is 441. The number of nitrogens with one attached hydrogen (secondary N) is 2. The predicted octanol–water partition coefficient (Wildman–Crippen LogP) is 2.01. The van der Waals surface area contributed by atoms with E-state index in [-0.39, 0.29) is 24.0 Å². The summed E-state index contributed by atoms with van der Waals surface area (Å²) >= 11 is 0. The van der Waals surface area contributed by atoms with Gasteiger partial charge in [0.15, 0.2) is 17.5 Å². The molecule has 2 N–H and O–H groups in total. The fourth-order valence-corrected chi connectivity index (χ4v) is 1.93. The van der Waals surface area contributed by atoms with E-state index in [9.17, 15) is 18.0 Å². The molecule has 1 saturated heterocycles. The predicted molar refractivity (Wildman–Crippen MR) is 66.9 cm³/mol. The Labute approximate surface area is 115 Å². The summed E-state index contributed by atoms with van der Waals surface area (Å²) in [6, 6.07) is 1.33. The third-order valence-corrected chi connectivity index (χ3v) is 2.88. The van der Waals surface area contributed by atoms with Crippen LogP contribution in [0.25, 0.3) is 0 Å². The largest absolute Gasteiger partial charge is 0.348 e. The van der Waals surface area contributed by atoms with Crippen LogP contribution < -0.4 is 10.6 Å². The molecule has 1 aliphatic rings. The lowest BCUT2D eigenvalue weighted by Gasteiger charge is -2.23. The van der Waals surface area contributed by atoms with Crippen molar-refractivity contribution in [3.63, 3.8) is 0 Å². The fraction of sp³-hybridized carbons (Fsp3) is 0.417. The highest BCUT2D eigenvalue weighted by atomic mass is 35.5. The third kappa shape index (κ3) is 3.84. The molecule has 1 amide bonds. The summed E-state index contributed by atoms with van der Waals surface area (Å²) in [5.74, 6) is -4.88. The van der Waals surface area contributed by atoms with E-state index < -0.39 is 23.4 Å². The lowest BCUT2D eigenvalue weighted by atomic mass is 10.1. The van der Waals surface area contributed by atoms with Gasteiger partial charge in [0.25, 0.3) is 5.91 Å². The fourth-order valence-electron chi connectivity index (χ4n) is 1.93. The zero-order valence-electron chi connectivity index (χ0n) is 10.0. The van der Waals surface area contributed by atoms with Gasteiger partial charge < -0.3 is 10.6 Å². The van der Waals surface area contributed by atoms with Crippen LogP contribution in [0.1, 0.15) is 23.2 Å². The lowest BCUT2D eigenvalue weighted by molar-refractivity contribution is 0.0929. The SMILES string of the molecule is Cl.O=C(N[C@@H]1CCCNC1)c1cc(F)c(F)c(F)c1. The van der Waals surface area contributed by atoms with Crippen LogP contribution in [-0.4, -0.2) is 25.0 Å². The van der Waals surface area contributed by atoms with Gasteiger partial charge in [-0.05, 0) is 31.5 Å². The quantitative estimate of drug-likeness (QED) is 0.819. The molecular weight excluding hydrogens is 281 g/mol. The minimum atomic E-state index is -1.56. The number of benzene rings is 1. The Morgan fingerprint density at radius 3 is 2.42 bits per heavy atom. The average Bonchev–Trinajstić information content (AvgIpc) is 2.36. The summed E-state index contributed by atoms with van der Waals surface area (Å²) in [5.41, 5.74) is -0.211. The number of carbonyl (C=O) groups excluding carboxylic acids is 1. The monoisotopic (exact) mass is 294 g/mol. The van der Waals surface area contributed by atoms with Gasteiger partial charge in [-0.15, -0.1) is 12.4 Å². The molecule has 2 rings (SSSR count).